The molecule has 0 saturated heterocycles. The molecule has 4 nitrogen and oxygen atoms in total. The maximum absolute atomic E-state index is 12.3. The summed E-state index contributed by atoms with van der Waals surface area (Å²) in [4.78, 5) is 16.4. The molecule has 3 rings (SSSR count). The van der Waals surface area contributed by atoms with Gasteiger partial charge in [0.25, 0.3) is 0 Å². The Bertz CT molecular complexity index is 863. The number of aromatic nitrogens is 1. The molecular weight excluding hydrogens is 344 g/mol. The third-order valence-electron chi connectivity index (χ3n) is 3.44. The monoisotopic (exact) mass is 360 g/mol. The molecule has 6 heteroatoms. The first kappa shape index (κ1) is 16.7. The summed E-state index contributed by atoms with van der Waals surface area (Å²) in [6.07, 6.45) is 1.88. The molecule has 124 valence electrons. The van der Waals surface area contributed by atoms with Crippen molar-refractivity contribution in [1.82, 2.24) is 4.98 Å². The van der Waals surface area contributed by atoms with Gasteiger partial charge in [0.15, 0.2) is 0 Å². The van der Waals surface area contributed by atoms with E-state index in [1.807, 2.05) is 55.6 Å². The van der Waals surface area contributed by atoms with Crippen LogP contribution in [0, 0.1) is 0 Å². The van der Waals surface area contributed by atoms with Gasteiger partial charge in [-0.3, -0.25) is 4.79 Å². The van der Waals surface area contributed by atoms with Crippen molar-refractivity contribution < 1.29 is 9.53 Å². The minimum Gasteiger partial charge on any atom is -0.492 e. The van der Waals surface area contributed by atoms with Crippen molar-refractivity contribution in [3.63, 3.8) is 0 Å². The number of carbonyl (C=O) groups is 1. The van der Waals surface area contributed by atoms with Gasteiger partial charge in [0.2, 0.25) is 5.91 Å². The zero-order valence-electron chi connectivity index (χ0n) is 13.1. The fourth-order valence-corrected chi connectivity index (χ4v) is 3.60. The van der Waals surface area contributed by atoms with Gasteiger partial charge in [0, 0.05) is 22.0 Å². The molecule has 24 heavy (non-hydrogen) atoms. The van der Waals surface area contributed by atoms with E-state index in [9.17, 15) is 4.79 Å². The van der Waals surface area contributed by atoms with E-state index >= 15 is 0 Å². The number of halogens is 1. The number of para-hydroxylation sites is 2. The fourth-order valence-electron chi connectivity index (χ4n) is 2.41. The zero-order valence-corrected chi connectivity index (χ0v) is 14.7. The molecule has 0 unspecified atom stereocenters. The molecule has 0 atom stereocenters. The van der Waals surface area contributed by atoms with Crippen LogP contribution in [0.5, 0.6) is 5.75 Å². The number of hydrogen-bond donors (Lipinski definition) is 2. The van der Waals surface area contributed by atoms with E-state index < -0.39 is 0 Å². The smallest absolute Gasteiger partial charge is 0.234 e. The number of hydrogen-bond acceptors (Lipinski definition) is 3. The van der Waals surface area contributed by atoms with Crippen molar-refractivity contribution in [1.29, 1.82) is 0 Å². The third-order valence-corrected chi connectivity index (χ3v) is 4.79. The van der Waals surface area contributed by atoms with Gasteiger partial charge < -0.3 is 15.0 Å². The Kier molecular flexibility index (Phi) is 5.33. The van der Waals surface area contributed by atoms with E-state index in [2.05, 4.69) is 10.3 Å². The molecule has 0 aliphatic rings. The molecule has 1 aromatic heterocycles. The molecule has 0 radical (unpaired) electrons. The van der Waals surface area contributed by atoms with E-state index in [0.29, 0.717) is 28.8 Å². The number of aromatic amines is 1. The first-order valence-electron chi connectivity index (χ1n) is 7.59. The van der Waals surface area contributed by atoms with Crippen molar-refractivity contribution >= 4 is 45.9 Å². The second kappa shape index (κ2) is 7.64. The number of thioether (sulfide) groups is 1. The number of H-pyrrole nitrogens is 1. The van der Waals surface area contributed by atoms with E-state index in [4.69, 9.17) is 16.3 Å². The summed E-state index contributed by atoms with van der Waals surface area (Å²) in [5.41, 5.74) is 1.65. The lowest BCUT2D eigenvalue weighted by atomic mass is 10.2. The highest BCUT2D eigenvalue weighted by atomic mass is 35.5. The Morgan fingerprint density at radius 3 is 2.92 bits per heavy atom. The molecule has 3 aromatic rings. The van der Waals surface area contributed by atoms with Crippen molar-refractivity contribution in [3.05, 3.63) is 53.7 Å². The van der Waals surface area contributed by atoms with E-state index in [1.165, 1.54) is 11.8 Å². The number of benzene rings is 2. The summed E-state index contributed by atoms with van der Waals surface area (Å²) in [6.45, 7) is 2.46. The van der Waals surface area contributed by atoms with E-state index in [1.54, 1.807) is 0 Å². The van der Waals surface area contributed by atoms with Crippen LogP contribution in [0.25, 0.3) is 10.9 Å². The molecule has 0 aliphatic carbocycles. The summed E-state index contributed by atoms with van der Waals surface area (Å²) in [7, 11) is 0. The molecule has 0 bridgehead atoms. The van der Waals surface area contributed by atoms with Gasteiger partial charge in [-0.25, -0.2) is 0 Å². The summed E-state index contributed by atoms with van der Waals surface area (Å²) in [5.74, 6) is 0.876. The predicted molar refractivity (Wildman–Crippen MR) is 100 cm³/mol. The number of carbonyl (C=O) groups excluding carboxylic acids is 1. The molecule has 0 saturated carbocycles. The average molecular weight is 361 g/mol. The Labute approximate surface area is 149 Å². The molecule has 0 aliphatic heterocycles. The van der Waals surface area contributed by atoms with Gasteiger partial charge in [0.1, 0.15) is 5.75 Å². The second-order valence-corrected chi connectivity index (χ2v) is 6.51. The molecule has 0 spiro atoms. The minimum absolute atomic E-state index is 0.0893. The highest BCUT2D eigenvalue weighted by Crippen LogP contribution is 2.33. The Morgan fingerprint density at radius 1 is 1.25 bits per heavy atom. The molecule has 0 fully saturated rings. The highest BCUT2D eigenvalue weighted by molar-refractivity contribution is 8.00. The highest BCUT2D eigenvalue weighted by Gasteiger charge is 2.11. The number of anilines is 1. The first-order chi connectivity index (χ1) is 11.7. The van der Waals surface area contributed by atoms with Crippen molar-refractivity contribution in [2.45, 2.75) is 11.8 Å². The van der Waals surface area contributed by atoms with Crippen molar-refractivity contribution in [2.24, 2.45) is 0 Å². The lowest BCUT2D eigenvalue weighted by Crippen LogP contribution is -2.14. The van der Waals surface area contributed by atoms with E-state index in [-0.39, 0.29) is 5.91 Å². The fraction of sp³-hybridized carbons (Fsp3) is 0.167. The van der Waals surface area contributed by atoms with Crippen molar-refractivity contribution in [3.8, 4) is 5.75 Å². The number of ether oxygens (including phenoxy) is 1. The van der Waals surface area contributed by atoms with Crippen LogP contribution in [0.1, 0.15) is 6.92 Å². The van der Waals surface area contributed by atoms with Crippen LogP contribution in [0.15, 0.2) is 53.6 Å². The molecule has 2 aromatic carbocycles. The largest absolute Gasteiger partial charge is 0.492 e. The number of rotatable bonds is 6. The SMILES string of the molecule is CCOc1ccccc1NC(=O)CSc1c[nH]c2cccc(Cl)c12. The Balaban J connectivity index is 1.67. The molecule has 1 amide bonds. The van der Waals surface area contributed by atoms with E-state index in [0.717, 1.165) is 15.8 Å². The molecule has 1 heterocycles. The lowest BCUT2D eigenvalue weighted by molar-refractivity contribution is -0.113. The summed E-state index contributed by atoms with van der Waals surface area (Å²) in [6, 6.07) is 13.1. The Morgan fingerprint density at radius 2 is 2.08 bits per heavy atom. The Hall–Kier alpha value is -2.11. The van der Waals surface area contributed by atoms with Crippen LogP contribution in [-0.4, -0.2) is 23.3 Å². The maximum atomic E-state index is 12.3. The minimum atomic E-state index is -0.0893. The number of amides is 1. The number of fused-ring (bicyclic) bond motifs is 1. The maximum Gasteiger partial charge on any atom is 0.234 e. The summed E-state index contributed by atoms with van der Waals surface area (Å²) < 4.78 is 5.52. The normalized spacial score (nSPS) is 10.8. The van der Waals surface area contributed by atoms with Gasteiger partial charge >= 0.3 is 0 Å². The predicted octanol–water partition coefficient (Wildman–Crippen LogP) is 4.95. The van der Waals surface area contributed by atoms with Crippen LogP contribution in [0.3, 0.4) is 0 Å². The van der Waals surface area contributed by atoms with Crippen LogP contribution >= 0.6 is 23.4 Å². The third kappa shape index (κ3) is 3.68. The van der Waals surface area contributed by atoms with Gasteiger partial charge in [-0.1, -0.05) is 29.8 Å². The molecular formula is C18H17ClN2O2S. The first-order valence-corrected chi connectivity index (χ1v) is 8.95. The quantitative estimate of drug-likeness (QED) is 0.611. The van der Waals surface area contributed by atoms with Gasteiger partial charge in [-0.05, 0) is 31.2 Å². The molecule has 2 N–H and O–H groups in total. The van der Waals surface area contributed by atoms with Crippen LogP contribution in [-0.2, 0) is 4.79 Å². The van der Waals surface area contributed by atoms with Crippen molar-refractivity contribution in [2.75, 3.05) is 17.7 Å². The van der Waals surface area contributed by atoms with Crippen LogP contribution in [0.4, 0.5) is 5.69 Å². The van der Waals surface area contributed by atoms with Gasteiger partial charge in [0.05, 0.1) is 23.1 Å². The van der Waals surface area contributed by atoms with Crippen LogP contribution in [0.2, 0.25) is 5.02 Å². The summed E-state index contributed by atoms with van der Waals surface area (Å²) >= 11 is 7.70. The average Bonchev–Trinajstić information content (AvgIpc) is 3.00. The lowest BCUT2D eigenvalue weighted by Gasteiger charge is -2.11. The van der Waals surface area contributed by atoms with Gasteiger partial charge in [-0.15, -0.1) is 11.8 Å². The zero-order chi connectivity index (χ0) is 16.9. The summed E-state index contributed by atoms with van der Waals surface area (Å²) in [5, 5.41) is 4.52. The topological polar surface area (TPSA) is 54.1 Å². The standard InChI is InChI=1S/C18H17ClN2O2S/c1-2-23-15-9-4-3-7-13(15)21-17(22)11-24-16-10-20-14-8-5-6-12(19)18(14)16/h3-10,20H,2,11H2,1H3,(H,21,22). The van der Waals surface area contributed by atoms with Gasteiger partial charge in [-0.2, -0.15) is 0 Å². The van der Waals surface area contributed by atoms with Crippen LogP contribution < -0.4 is 10.1 Å². The number of nitrogens with one attached hydrogen (secondary N) is 2. The second-order valence-electron chi connectivity index (χ2n) is 5.08.